The highest BCUT2D eigenvalue weighted by atomic mass is 19.1. The van der Waals surface area contributed by atoms with Crippen molar-refractivity contribution in [1.29, 1.82) is 0 Å². The van der Waals surface area contributed by atoms with E-state index in [0.717, 1.165) is 31.7 Å². The van der Waals surface area contributed by atoms with Gasteiger partial charge in [-0.3, -0.25) is 9.36 Å². The fourth-order valence-electron chi connectivity index (χ4n) is 5.50. The van der Waals surface area contributed by atoms with Gasteiger partial charge in [-0.2, -0.15) is 4.98 Å². The van der Waals surface area contributed by atoms with Crippen molar-refractivity contribution in [3.05, 3.63) is 36.0 Å². The smallest absolute Gasteiger partial charge is 0.226 e. The van der Waals surface area contributed by atoms with E-state index in [0.29, 0.717) is 42.4 Å². The molecule has 11 heteroatoms. The van der Waals surface area contributed by atoms with E-state index in [2.05, 4.69) is 20.6 Å². The zero-order valence-electron chi connectivity index (χ0n) is 21.1. The number of anilines is 3. The maximum Gasteiger partial charge on any atom is 0.226 e. The minimum absolute atomic E-state index is 0.00351. The number of halogens is 2. The number of carbonyl (C=O) groups excluding carboxylic acids is 1. The number of aliphatic hydroxyl groups is 1. The van der Waals surface area contributed by atoms with Gasteiger partial charge in [-0.1, -0.05) is 0 Å². The molecule has 1 saturated carbocycles. The minimum atomic E-state index is -0.717. The highest BCUT2D eigenvalue weighted by Crippen LogP contribution is 2.38. The predicted octanol–water partition coefficient (Wildman–Crippen LogP) is 4.38. The highest BCUT2D eigenvalue weighted by molar-refractivity contribution is 5.80. The number of nitrogens with zero attached hydrogens (tertiary/aromatic N) is 5. The van der Waals surface area contributed by atoms with Gasteiger partial charge in [0.25, 0.3) is 0 Å². The lowest BCUT2D eigenvalue weighted by Crippen LogP contribution is -2.42. The van der Waals surface area contributed by atoms with Crippen LogP contribution in [-0.2, 0) is 4.79 Å². The number of nitrogens with one attached hydrogen (secondary N) is 2. The average molecular weight is 514 g/mol. The maximum atomic E-state index is 14.5. The maximum absolute atomic E-state index is 14.5. The summed E-state index contributed by atoms with van der Waals surface area (Å²) >= 11 is 0. The first-order valence-corrected chi connectivity index (χ1v) is 13.0. The number of benzene rings is 1. The van der Waals surface area contributed by atoms with Crippen molar-refractivity contribution >= 4 is 34.7 Å². The Morgan fingerprint density at radius 2 is 1.95 bits per heavy atom. The Labute approximate surface area is 214 Å². The summed E-state index contributed by atoms with van der Waals surface area (Å²) in [5, 5.41) is 15.9. The number of carbonyl (C=O) groups is 1. The molecule has 5 rings (SSSR count). The summed E-state index contributed by atoms with van der Waals surface area (Å²) in [6, 6.07) is 3.40. The molecule has 198 valence electrons. The molecule has 1 aliphatic carbocycles. The molecule has 0 radical (unpaired) electrons. The largest absolute Gasteiger partial charge is 0.394 e. The minimum Gasteiger partial charge on any atom is -0.394 e. The van der Waals surface area contributed by atoms with Gasteiger partial charge in [0.05, 0.1) is 24.5 Å². The molecular weight excluding hydrogens is 480 g/mol. The van der Waals surface area contributed by atoms with E-state index in [1.807, 2.05) is 23.3 Å². The normalized spacial score (nSPS) is 22.1. The van der Waals surface area contributed by atoms with Crippen LogP contribution in [-0.4, -0.2) is 60.7 Å². The highest BCUT2D eigenvalue weighted by Gasteiger charge is 2.36. The number of fused-ring (bicyclic) bond motifs is 1. The van der Waals surface area contributed by atoms with Gasteiger partial charge in [0.1, 0.15) is 17.2 Å². The Kier molecular flexibility index (Phi) is 7.23. The third-order valence-electron chi connectivity index (χ3n) is 7.31. The summed E-state index contributed by atoms with van der Waals surface area (Å²) in [5.74, 6) is -0.469. The van der Waals surface area contributed by atoms with E-state index in [4.69, 9.17) is 4.98 Å². The molecule has 1 atom stereocenters. The molecule has 1 amide bonds. The van der Waals surface area contributed by atoms with Crippen molar-refractivity contribution in [1.82, 2.24) is 24.4 Å². The van der Waals surface area contributed by atoms with Crippen LogP contribution in [0.2, 0.25) is 0 Å². The molecule has 3 N–H and O–H groups in total. The molecule has 37 heavy (non-hydrogen) atoms. The monoisotopic (exact) mass is 513 g/mol. The fraction of sp³-hybridized carbons (Fsp3) is 0.538. The number of rotatable bonds is 7. The van der Waals surface area contributed by atoms with E-state index in [1.165, 1.54) is 12.1 Å². The van der Waals surface area contributed by atoms with Crippen LogP contribution >= 0.6 is 0 Å². The fourth-order valence-corrected chi connectivity index (χ4v) is 5.50. The molecule has 1 saturated heterocycles. The van der Waals surface area contributed by atoms with Gasteiger partial charge in [-0.15, -0.1) is 0 Å². The SMILES string of the molecule is CC(C)Nc1ncc2nc(Nc3ccc(F)cc3F)n([C@H]3CC[C@@H](C(=O)N4CCC[C@@H]4CO)CC3)c2n1. The van der Waals surface area contributed by atoms with Crippen LogP contribution in [0.1, 0.15) is 58.4 Å². The van der Waals surface area contributed by atoms with Gasteiger partial charge in [-0.05, 0) is 64.5 Å². The Hall–Kier alpha value is -3.34. The number of amides is 1. The Morgan fingerprint density at radius 3 is 2.65 bits per heavy atom. The lowest BCUT2D eigenvalue weighted by Gasteiger charge is -2.33. The molecule has 9 nitrogen and oxygen atoms in total. The Bertz CT molecular complexity index is 1270. The van der Waals surface area contributed by atoms with Crippen LogP contribution in [0.3, 0.4) is 0 Å². The van der Waals surface area contributed by atoms with Crippen LogP contribution in [0, 0.1) is 17.6 Å². The summed E-state index contributed by atoms with van der Waals surface area (Å²) < 4.78 is 29.9. The lowest BCUT2D eigenvalue weighted by molar-refractivity contribution is -0.138. The molecule has 0 spiro atoms. The molecule has 2 fully saturated rings. The second-order valence-electron chi connectivity index (χ2n) is 10.3. The number of hydrogen-bond donors (Lipinski definition) is 3. The van der Waals surface area contributed by atoms with Crippen molar-refractivity contribution in [3.8, 4) is 0 Å². The van der Waals surface area contributed by atoms with Gasteiger partial charge in [-0.25, -0.2) is 18.7 Å². The van der Waals surface area contributed by atoms with Crippen LogP contribution in [0.25, 0.3) is 11.2 Å². The molecule has 1 aromatic carbocycles. The number of imidazole rings is 1. The van der Waals surface area contributed by atoms with Crippen LogP contribution < -0.4 is 10.6 Å². The first-order chi connectivity index (χ1) is 17.8. The lowest BCUT2D eigenvalue weighted by atomic mass is 9.85. The van der Waals surface area contributed by atoms with Crippen LogP contribution in [0.5, 0.6) is 0 Å². The topological polar surface area (TPSA) is 108 Å². The summed E-state index contributed by atoms with van der Waals surface area (Å²) in [7, 11) is 0. The quantitative estimate of drug-likeness (QED) is 0.430. The second-order valence-corrected chi connectivity index (χ2v) is 10.3. The summed E-state index contributed by atoms with van der Waals surface area (Å²) in [6.45, 7) is 4.70. The third-order valence-corrected chi connectivity index (χ3v) is 7.31. The zero-order valence-corrected chi connectivity index (χ0v) is 21.1. The van der Waals surface area contributed by atoms with Gasteiger partial charge in [0, 0.05) is 30.6 Å². The van der Waals surface area contributed by atoms with Gasteiger partial charge in [0.2, 0.25) is 17.8 Å². The Morgan fingerprint density at radius 1 is 1.16 bits per heavy atom. The molecule has 2 aliphatic rings. The molecule has 1 aliphatic heterocycles. The number of aromatic nitrogens is 4. The molecule has 2 aromatic heterocycles. The predicted molar refractivity (Wildman–Crippen MR) is 137 cm³/mol. The summed E-state index contributed by atoms with van der Waals surface area (Å²) in [4.78, 5) is 28.7. The van der Waals surface area contributed by atoms with E-state index in [9.17, 15) is 18.7 Å². The first kappa shape index (κ1) is 25.3. The number of hydrogen-bond acceptors (Lipinski definition) is 7. The molecule has 3 heterocycles. The number of aliphatic hydroxyl groups excluding tert-OH is 1. The summed E-state index contributed by atoms with van der Waals surface area (Å²) in [5.41, 5.74) is 1.28. The summed E-state index contributed by atoms with van der Waals surface area (Å²) in [6.07, 6.45) is 6.24. The molecule has 0 unspecified atom stereocenters. The van der Waals surface area contributed by atoms with E-state index < -0.39 is 11.6 Å². The molecular formula is C26H33F2N7O2. The van der Waals surface area contributed by atoms with Gasteiger partial charge >= 0.3 is 0 Å². The van der Waals surface area contributed by atoms with Crippen LogP contribution in [0.15, 0.2) is 24.4 Å². The van der Waals surface area contributed by atoms with Crippen molar-refractivity contribution in [2.75, 3.05) is 23.8 Å². The van der Waals surface area contributed by atoms with E-state index in [-0.39, 0.29) is 42.2 Å². The standard InChI is InChI=1S/C26H33F2N7O2/c1-15(2)30-25-29-13-22-23(33-25)35(26(32-22)31-21-10-7-17(27)12-20(21)28)18-8-5-16(6-9-18)24(37)34-11-3-4-19(34)14-36/h7,10,12-13,15-16,18-19,36H,3-6,8-9,11,14H2,1-2H3,(H,31,32)(H,29,30,33)/t16-,18+,19-/m1/s1. The third kappa shape index (κ3) is 5.22. The molecule has 3 aromatic rings. The second kappa shape index (κ2) is 10.6. The van der Waals surface area contributed by atoms with Gasteiger partial charge < -0.3 is 20.6 Å². The van der Waals surface area contributed by atoms with E-state index in [1.54, 1.807) is 6.20 Å². The van der Waals surface area contributed by atoms with Gasteiger partial charge in [0.15, 0.2) is 5.65 Å². The Balaban J connectivity index is 1.43. The van der Waals surface area contributed by atoms with Crippen molar-refractivity contribution < 1.29 is 18.7 Å². The number of likely N-dealkylation sites (tertiary alicyclic amines) is 1. The van der Waals surface area contributed by atoms with E-state index >= 15 is 0 Å². The molecule has 0 bridgehead atoms. The van der Waals surface area contributed by atoms with Crippen molar-refractivity contribution in [2.45, 2.75) is 70.5 Å². The van der Waals surface area contributed by atoms with Crippen molar-refractivity contribution in [2.24, 2.45) is 5.92 Å². The average Bonchev–Trinajstić information content (AvgIpc) is 3.49. The van der Waals surface area contributed by atoms with Crippen molar-refractivity contribution in [3.63, 3.8) is 0 Å². The first-order valence-electron chi connectivity index (χ1n) is 13.0. The van der Waals surface area contributed by atoms with Crippen LogP contribution in [0.4, 0.5) is 26.4 Å². The zero-order chi connectivity index (χ0) is 26.1.